The molecule has 1 aliphatic heterocycles. The van der Waals surface area contributed by atoms with Crippen molar-refractivity contribution in [2.75, 3.05) is 13.1 Å². The molecule has 1 unspecified atom stereocenters. The van der Waals surface area contributed by atoms with Gasteiger partial charge in [-0.1, -0.05) is 6.92 Å². The van der Waals surface area contributed by atoms with E-state index in [4.69, 9.17) is 0 Å². The Bertz CT molecular complexity index is 534. The first kappa shape index (κ1) is 14.5. The fourth-order valence-corrected chi connectivity index (χ4v) is 4.14. The quantitative estimate of drug-likeness (QED) is 0.925. The summed E-state index contributed by atoms with van der Waals surface area (Å²) in [7, 11) is 0. The molecule has 0 aromatic carbocycles. The van der Waals surface area contributed by atoms with Crippen molar-refractivity contribution >= 4 is 23.2 Å². The van der Waals surface area contributed by atoms with E-state index in [1.807, 2.05) is 11.8 Å². The number of rotatable bonds is 3. The van der Waals surface area contributed by atoms with E-state index in [0.29, 0.717) is 18.0 Å². The van der Waals surface area contributed by atoms with Crippen molar-refractivity contribution in [3.05, 3.63) is 15.6 Å². The number of hydrogen-bond acceptors (Lipinski definition) is 4. The molecule has 1 saturated heterocycles. The highest BCUT2D eigenvalue weighted by atomic mass is 32.1. The standard InChI is InChI=1S/C15H21N3O2S/c1-2-13(19)16-10-5-4-8-18(9-10)15(20)14-17-11-6-3-7-12(11)21-14/h10H,2-9H2,1H3,(H,16,19). The lowest BCUT2D eigenvalue weighted by atomic mass is 10.1. The Morgan fingerprint density at radius 2 is 2.24 bits per heavy atom. The molecule has 1 N–H and O–H groups in total. The van der Waals surface area contributed by atoms with Gasteiger partial charge in [0, 0.05) is 30.4 Å². The summed E-state index contributed by atoms with van der Waals surface area (Å²) in [6.07, 6.45) is 5.61. The number of amides is 2. The van der Waals surface area contributed by atoms with Crippen molar-refractivity contribution in [1.29, 1.82) is 0 Å². The Morgan fingerprint density at radius 1 is 1.38 bits per heavy atom. The van der Waals surface area contributed by atoms with Crippen LogP contribution < -0.4 is 5.32 Å². The van der Waals surface area contributed by atoms with Crippen molar-refractivity contribution in [3.8, 4) is 0 Å². The van der Waals surface area contributed by atoms with Gasteiger partial charge in [-0.3, -0.25) is 9.59 Å². The van der Waals surface area contributed by atoms with Crippen LogP contribution in [0.25, 0.3) is 0 Å². The number of hydrogen-bond donors (Lipinski definition) is 1. The highest BCUT2D eigenvalue weighted by Crippen LogP contribution is 2.28. The Kier molecular flexibility index (Phi) is 4.24. The van der Waals surface area contributed by atoms with Crippen molar-refractivity contribution in [1.82, 2.24) is 15.2 Å². The lowest BCUT2D eigenvalue weighted by Gasteiger charge is -2.32. The number of piperidine rings is 1. The van der Waals surface area contributed by atoms with Crippen LogP contribution >= 0.6 is 11.3 Å². The van der Waals surface area contributed by atoms with Crippen LogP contribution in [0, 0.1) is 0 Å². The molecule has 0 bridgehead atoms. The summed E-state index contributed by atoms with van der Waals surface area (Å²) in [6, 6.07) is 0.0851. The zero-order valence-corrected chi connectivity index (χ0v) is 13.2. The molecular weight excluding hydrogens is 286 g/mol. The van der Waals surface area contributed by atoms with E-state index < -0.39 is 0 Å². The molecule has 114 valence electrons. The van der Waals surface area contributed by atoms with E-state index in [2.05, 4.69) is 10.3 Å². The van der Waals surface area contributed by atoms with E-state index >= 15 is 0 Å². The van der Waals surface area contributed by atoms with Crippen LogP contribution in [0.4, 0.5) is 0 Å². The van der Waals surface area contributed by atoms with Crippen LogP contribution in [0.15, 0.2) is 0 Å². The van der Waals surface area contributed by atoms with E-state index in [1.165, 1.54) is 4.88 Å². The Hall–Kier alpha value is -1.43. The molecular formula is C15H21N3O2S. The number of likely N-dealkylation sites (tertiary alicyclic amines) is 1. The Labute approximate surface area is 128 Å². The third kappa shape index (κ3) is 3.10. The number of aryl methyl sites for hydroxylation is 2. The average Bonchev–Trinajstić information content (AvgIpc) is 3.08. The summed E-state index contributed by atoms with van der Waals surface area (Å²) >= 11 is 1.55. The summed E-state index contributed by atoms with van der Waals surface area (Å²) in [5.74, 6) is 0.0902. The maximum Gasteiger partial charge on any atom is 0.282 e. The monoisotopic (exact) mass is 307 g/mol. The average molecular weight is 307 g/mol. The van der Waals surface area contributed by atoms with Gasteiger partial charge in [-0.15, -0.1) is 11.3 Å². The van der Waals surface area contributed by atoms with Crippen molar-refractivity contribution in [2.45, 2.75) is 51.5 Å². The molecule has 2 heterocycles. The maximum atomic E-state index is 12.6. The van der Waals surface area contributed by atoms with Crippen LogP contribution in [0.3, 0.4) is 0 Å². The second-order valence-electron chi connectivity index (χ2n) is 5.75. The van der Waals surface area contributed by atoms with E-state index in [0.717, 1.165) is 44.3 Å². The Balaban J connectivity index is 1.65. The van der Waals surface area contributed by atoms with E-state index in [1.54, 1.807) is 11.3 Å². The number of nitrogens with one attached hydrogen (secondary N) is 1. The molecule has 0 spiro atoms. The fourth-order valence-electron chi connectivity index (χ4n) is 3.03. The van der Waals surface area contributed by atoms with Crippen molar-refractivity contribution < 1.29 is 9.59 Å². The van der Waals surface area contributed by atoms with Gasteiger partial charge in [0.1, 0.15) is 0 Å². The SMILES string of the molecule is CCC(=O)NC1CCCN(C(=O)c2nc3c(s2)CCC3)C1. The topological polar surface area (TPSA) is 62.3 Å². The molecule has 1 atom stereocenters. The number of aromatic nitrogens is 1. The Morgan fingerprint density at radius 3 is 3.00 bits per heavy atom. The molecule has 5 nitrogen and oxygen atoms in total. The minimum absolute atomic E-state index is 0.0323. The minimum atomic E-state index is 0.0323. The lowest BCUT2D eigenvalue weighted by Crippen LogP contribution is -2.49. The number of thiazole rings is 1. The molecule has 1 aromatic rings. The first-order chi connectivity index (χ1) is 10.2. The van der Waals surface area contributed by atoms with E-state index in [-0.39, 0.29) is 17.9 Å². The smallest absolute Gasteiger partial charge is 0.282 e. The van der Waals surface area contributed by atoms with Gasteiger partial charge in [0.15, 0.2) is 5.01 Å². The number of nitrogens with zero attached hydrogens (tertiary/aromatic N) is 2. The largest absolute Gasteiger partial charge is 0.352 e. The summed E-state index contributed by atoms with van der Waals surface area (Å²) in [4.78, 5) is 31.7. The predicted molar refractivity (Wildman–Crippen MR) is 81.5 cm³/mol. The summed E-state index contributed by atoms with van der Waals surface area (Å²) in [5, 5.41) is 3.62. The third-order valence-corrected chi connectivity index (χ3v) is 5.32. The first-order valence-corrected chi connectivity index (χ1v) is 8.56. The lowest BCUT2D eigenvalue weighted by molar-refractivity contribution is -0.121. The third-order valence-electron chi connectivity index (χ3n) is 4.17. The molecule has 1 aromatic heterocycles. The van der Waals surface area contributed by atoms with Gasteiger partial charge in [0.25, 0.3) is 5.91 Å². The number of carbonyl (C=O) groups excluding carboxylic acids is 2. The van der Waals surface area contributed by atoms with Crippen LogP contribution in [0.2, 0.25) is 0 Å². The van der Waals surface area contributed by atoms with Gasteiger partial charge < -0.3 is 10.2 Å². The molecule has 3 rings (SSSR count). The predicted octanol–water partition coefficient (Wildman–Crippen LogP) is 1.76. The van der Waals surface area contributed by atoms with Gasteiger partial charge in [-0.2, -0.15) is 0 Å². The van der Waals surface area contributed by atoms with Gasteiger partial charge in [0.05, 0.1) is 5.69 Å². The summed E-state index contributed by atoms with van der Waals surface area (Å²) in [5.41, 5.74) is 1.12. The normalized spacial score (nSPS) is 21.2. The second-order valence-corrected chi connectivity index (χ2v) is 6.84. The minimum Gasteiger partial charge on any atom is -0.352 e. The van der Waals surface area contributed by atoms with Crippen molar-refractivity contribution in [2.24, 2.45) is 0 Å². The highest BCUT2D eigenvalue weighted by Gasteiger charge is 2.28. The molecule has 1 fully saturated rings. The number of carbonyl (C=O) groups is 2. The van der Waals surface area contributed by atoms with Crippen molar-refractivity contribution in [3.63, 3.8) is 0 Å². The van der Waals surface area contributed by atoms with Gasteiger partial charge in [0.2, 0.25) is 5.91 Å². The molecule has 1 aliphatic carbocycles. The van der Waals surface area contributed by atoms with E-state index in [9.17, 15) is 9.59 Å². The van der Waals surface area contributed by atoms with Crippen LogP contribution in [-0.2, 0) is 17.6 Å². The van der Waals surface area contributed by atoms with Crippen LogP contribution in [0.5, 0.6) is 0 Å². The van der Waals surface area contributed by atoms with Crippen LogP contribution in [0.1, 0.15) is 53.0 Å². The highest BCUT2D eigenvalue weighted by molar-refractivity contribution is 7.13. The molecule has 0 saturated carbocycles. The van der Waals surface area contributed by atoms with Crippen LogP contribution in [-0.4, -0.2) is 40.8 Å². The molecule has 21 heavy (non-hydrogen) atoms. The first-order valence-electron chi connectivity index (χ1n) is 7.74. The van der Waals surface area contributed by atoms with Gasteiger partial charge in [-0.25, -0.2) is 4.98 Å². The zero-order valence-electron chi connectivity index (χ0n) is 12.4. The molecule has 0 radical (unpaired) electrons. The maximum absolute atomic E-state index is 12.6. The second kappa shape index (κ2) is 6.13. The zero-order chi connectivity index (χ0) is 14.8. The number of fused-ring (bicyclic) bond motifs is 1. The molecule has 6 heteroatoms. The molecule has 2 aliphatic rings. The summed E-state index contributed by atoms with van der Waals surface area (Å²) in [6.45, 7) is 3.22. The molecule has 2 amide bonds. The van der Waals surface area contributed by atoms with Gasteiger partial charge >= 0.3 is 0 Å². The summed E-state index contributed by atoms with van der Waals surface area (Å²) < 4.78 is 0. The fraction of sp³-hybridized carbons (Fsp3) is 0.667. The van der Waals surface area contributed by atoms with Gasteiger partial charge in [-0.05, 0) is 32.1 Å².